The van der Waals surface area contributed by atoms with Crippen LogP contribution >= 0.6 is 0 Å². The lowest BCUT2D eigenvalue weighted by atomic mass is 10.2. The molecule has 2 rings (SSSR count). The molecule has 0 fully saturated rings. The molecular weight excluding hydrogens is 333 g/mol. The molecule has 2 amide bonds. The van der Waals surface area contributed by atoms with Gasteiger partial charge in [-0.3, -0.25) is 14.5 Å². The number of halogens is 1. The topological polar surface area (TPSA) is 52.7 Å². The largest absolute Gasteiger partial charge is 0.340 e. The maximum absolute atomic E-state index is 13.2. The average molecular weight is 357 g/mol. The van der Waals surface area contributed by atoms with Crippen molar-refractivity contribution in [2.75, 3.05) is 26.0 Å². The predicted molar refractivity (Wildman–Crippen MR) is 100 cm³/mol. The minimum Gasteiger partial charge on any atom is -0.340 e. The lowest BCUT2D eigenvalue weighted by molar-refractivity contribution is -0.135. The quantitative estimate of drug-likeness (QED) is 0.829. The molecule has 2 aromatic rings. The molecule has 1 N–H and O–H groups in total. The van der Waals surface area contributed by atoms with Crippen molar-refractivity contribution in [3.63, 3.8) is 0 Å². The molecule has 0 heterocycles. The molecule has 5 nitrogen and oxygen atoms in total. The van der Waals surface area contributed by atoms with Crippen molar-refractivity contribution in [2.24, 2.45) is 0 Å². The predicted octanol–water partition coefficient (Wildman–Crippen LogP) is 2.74. The standard InChI is InChI=1S/C20H24FN3O2/c1-15(20(26)24(3)13-16-8-5-4-6-9-16)23(2)14-19(25)22-18-11-7-10-17(21)12-18/h4-12,15H,13-14H2,1-3H3,(H,22,25)/t15-/m1/s1. The zero-order chi connectivity index (χ0) is 19.1. The van der Waals surface area contributed by atoms with Crippen LogP contribution in [-0.4, -0.2) is 48.3 Å². The Morgan fingerprint density at radius 2 is 1.77 bits per heavy atom. The third-order valence-electron chi connectivity index (χ3n) is 4.16. The zero-order valence-electron chi connectivity index (χ0n) is 15.3. The van der Waals surface area contributed by atoms with Crippen molar-refractivity contribution < 1.29 is 14.0 Å². The van der Waals surface area contributed by atoms with Gasteiger partial charge in [-0.25, -0.2) is 4.39 Å². The van der Waals surface area contributed by atoms with E-state index in [0.717, 1.165) is 5.56 Å². The SMILES string of the molecule is C[C@H](C(=O)N(C)Cc1ccccc1)N(C)CC(=O)Nc1cccc(F)c1. The number of hydrogen-bond donors (Lipinski definition) is 1. The van der Waals surface area contributed by atoms with E-state index >= 15 is 0 Å². The Kier molecular flexibility index (Phi) is 6.86. The van der Waals surface area contributed by atoms with Crippen LogP contribution in [0.15, 0.2) is 54.6 Å². The summed E-state index contributed by atoms with van der Waals surface area (Å²) < 4.78 is 13.2. The van der Waals surface area contributed by atoms with Crippen LogP contribution in [0.1, 0.15) is 12.5 Å². The molecule has 6 heteroatoms. The zero-order valence-corrected chi connectivity index (χ0v) is 15.3. The highest BCUT2D eigenvalue weighted by Crippen LogP contribution is 2.10. The fourth-order valence-corrected chi connectivity index (χ4v) is 2.57. The Morgan fingerprint density at radius 3 is 2.42 bits per heavy atom. The van der Waals surface area contributed by atoms with Crippen LogP contribution in [0.5, 0.6) is 0 Å². The lowest BCUT2D eigenvalue weighted by Gasteiger charge is -2.27. The summed E-state index contributed by atoms with van der Waals surface area (Å²) in [5.74, 6) is -0.791. The summed E-state index contributed by atoms with van der Waals surface area (Å²) in [5.41, 5.74) is 1.44. The monoisotopic (exact) mass is 357 g/mol. The maximum Gasteiger partial charge on any atom is 0.239 e. The van der Waals surface area contributed by atoms with E-state index in [-0.39, 0.29) is 18.4 Å². The first-order valence-electron chi connectivity index (χ1n) is 8.41. The molecule has 1 atom stereocenters. The second kappa shape index (κ2) is 9.10. The second-order valence-corrected chi connectivity index (χ2v) is 6.33. The number of anilines is 1. The van der Waals surface area contributed by atoms with Crippen molar-refractivity contribution in [1.82, 2.24) is 9.80 Å². The third kappa shape index (κ3) is 5.67. The van der Waals surface area contributed by atoms with Gasteiger partial charge in [0.2, 0.25) is 11.8 Å². The minimum absolute atomic E-state index is 0.0304. The van der Waals surface area contributed by atoms with E-state index in [2.05, 4.69) is 5.32 Å². The summed E-state index contributed by atoms with van der Waals surface area (Å²) in [5, 5.41) is 2.63. The molecule has 0 saturated carbocycles. The molecule has 0 unspecified atom stereocenters. The van der Waals surface area contributed by atoms with E-state index in [4.69, 9.17) is 0 Å². The van der Waals surface area contributed by atoms with Gasteiger partial charge in [-0.15, -0.1) is 0 Å². The fraction of sp³-hybridized carbons (Fsp3) is 0.300. The number of hydrogen-bond acceptors (Lipinski definition) is 3. The molecule has 0 radical (unpaired) electrons. The minimum atomic E-state index is -0.457. The van der Waals surface area contributed by atoms with Crippen LogP contribution in [0.3, 0.4) is 0 Å². The van der Waals surface area contributed by atoms with Crippen LogP contribution in [-0.2, 0) is 16.1 Å². The first kappa shape index (κ1) is 19.6. The fourth-order valence-electron chi connectivity index (χ4n) is 2.57. The number of amides is 2. The Bertz CT molecular complexity index is 752. The van der Waals surface area contributed by atoms with Crippen LogP contribution in [0.2, 0.25) is 0 Å². The van der Waals surface area contributed by atoms with Gasteiger partial charge in [-0.1, -0.05) is 36.4 Å². The van der Waals surface area contributed by atoms with E-state index in [1.54, 1.807) is 36.9 Å². The van der Waals surface area contributed by atoms with Crippen molar-refractivity contribution in [3.05, 3.63) is 66.0 Å². The van der Waals surface area contributed by atoms with Gasteiger partial charge < -0.3 is 10.2 Å². The van der Waals surface area contributed by atoms with Gasteiger partial charge in [0, 0.05) is 19.3 Å². The highest BCUT2D eigenvalue weighted by Gasteiger charge is 2.23. The number of nitrogens with one attached hydrogen (secondary N) is 1. The van der Waals surface area contributed by atoms with E-state index in [0.29, 0.717) is 12.2 Å². The van der Waals surface area contributed by atoms with Crippen LogP contribution in [0.25, 0.3) is 0 Å². The van der Waals surface area contributed by atoms with Crippen molar-refractivity contribution in [3.8, 4) is 0 Å². The van der Waals surface area contributed by atoms with Crippen molar-refractivity contribution in [2.45, 2.75) is 19.5 Å². The van der Waals surface area contributed by atoms with Gasteiger partial charge in [0.25, 0.3) is 0 Å². The third-order valence-corrected chi connectivity index (χ3v) is 4.16. The molecule has 0 aliphatic rings. The van der Waals surface area contributed by atoms with Crippen LogP contribution in [0, 0.1) is 5.82 Å². The molecule has 0 aliphatic carbocycles. The molecule has 0 bridgehead atoms. The highest BCUT2D eigenvalue weighted by atomic mass is 19.1. The van der Waals surface area contributed by atoms with Gasteiger partial charge in [-0.05, 0) is 37.7 Å². The molecule has 0 aromatic heterocycles. The summed E-state index contributed by atoms with van der Waals surface area (Å²) in [6.45, 7) is 2.30. The van der Waals surface area contributed by atoms with E-state index in [1.807, 2.05) is 30.3 Å². The van der Waals surface area contributed by atoms with Gasteiger partial charge in [0.05, 0.1) is 12.6 Å². The number of likely N-dealkylation sites (N-methyl/N-ethyl adjacent to an activating group) is 2. The Hall–Kier alpha value is -2.73. The van der Waals surface area contributed by atoms with E-state index < -0.39 is 11.9 Å². The number of carbonyl (C=O) groups excluding carboxylic acids is 2. The molecule has 0 saturated heterocycles. The van der Waals surface area contributed by atoms with E-state index in [1.165, 1.54) is 18.2 Å². The summed E-state index contributed by atoms with van der Waals surface area (Å²) in [4.78, 5) is 28.0. The molecule has 26 heavy (non-hydrogen) atoms. The number of benzene rings is 2. The summed E-state index contributed by atoms with van der Waals surface area (Å²) >= 11 is 0. The number of nitrogens with zero attached hydrogens (tertiary/aromatic N) is 2. The molecule has 0 spiro atoms. The van der Waals surface area contributed by atoms with Crippen LogP contribution in [0.4, 0.5) is 10.1 Å². The van der Waals surface area contributed by atoms with Gasteiger partial charge in [0.15, 0.2) is 0 Å². The van der Waals surface area contributed by atoms with E-state index in [9.17, 15) is 14.0 Å². The summed E-state index contributed by atoms with van der Waals surface area (Å²) in [6, 6.07) is 15.0. The molecule has 0 aliphatic heterocycles. The van der Waals surface area contributed by atoms with Crippen LogP contribution < -0.4 is 5.32 Å². The lowest BCUT2D eigenvalue weighted by Crippen LogP contribution is -2.46. The molecular formula is C20H24FN3O2. The number of rotatable bonds is 7. The van der Waals surface area contributed by atoms with Gasteiger partial charge in [-0.2, -0.15) is 0 Å². The number of carbonyl (C=O) groups is 2. The normalized spacial score (nSPS) is 11.9. The first-order valence-corrected chi connectivity index (χ1v) is 8.41. The summed E-state index contributed by atoms with van der Waals surface area (Å²) in [7, 11) is 3.45. The Morgan fingerprint density at radius 1 is 1.08 bits per heavy atom. The molecule has 138 valence electrons. The Balaban J connectivity index is 1.88. The van der Waals surface area contributed by atoms with Gasteiger partial charge >= 0.3 is 0 Å². The molecule has 2 aromatic carbocycles. The smallest absolute Gasteiger partial charge is 0.239 e. The maximum atomic E-state index is 13.2. The van der Waals surface area contributed by atoms with Gasteiger partial charge in [0.1, 0.15) is 5.82 Å². The van der Waals surface area contributed by atoms with Crippen molar-refractivity contribution in [1.29, 1.82) is 0 Å². The summed E-state index contributed by atoms with van der Waals surface area (Å²) in [6.07, 6.45) is 0. The average Bonchev–Trinajstić information content (AvgIpc) is 2.61. The Labute approximate surface area is 153 Å². The van der Waals surface area contributed by atoms with Crippen molar-refractivity contribution >= 4 is 17.5 Å². The highest BCUT2D eigenvalue weighted by molar-refractivity contribution is 5.92. The first-order chi connectivity index (χ1) is 12.4. The second-order valence-electron chi connectivity index (χ2n) is 6.33.